The van der Waals surface area contributed by atoms with E-state index in [0.717, 1.165) is 12.1 Å². The maximum Gasteiger partial charge on any atom is 0.232 e. The van der Waals surface area contributed by atoms with E-state index in [1.807, 2.05) is 20.8 Å². The maximum atomic E-state index is 13.9. The summed E-state index contributed by atoms with van der Waals surface area (Å²) >= 11 is 0. The van der Waals surface area contributed by atoms with Crippen molar-refractivity contribution < 1.29 is 18.1 Å². The van der Waals surface area contributed by atoms with Crippen molar-refractivity contribution in [2.24, 2.45) is 0 Å². The van der Waals surface area contributed by atoms with Gasteiger partial charge in [0.05, 0.1) is 11.6 Å². The molecule has 1 saturated heterocycles. The van der Waals surface area contributed by atoms with Gasteiger partial charge in [-0.1, -0.05) is 25.9 Å². The minimum absolute atomic E-state index is 0.0643. The quantitative estimate of drug-likeness (QED) is 0.852. The molecule has 122 valence electrons. The van der Waals surface area contributed by atoms with Gasteiger partial charge in [0, 0.05) is 24.4 Å². The third-order valence-corrected chi connectivity index (χ3v) is 3.79. The molecule has 0 radical (unpaired) electrons. The van der Waals surface area contributed by atoms with Crippen molar-refractivity contribution in [1.82, 2.24) is 10.1 Å². The third-order valence-electron chi connectivity index (χ3n) is 3.79. The van der Waals surface area contributed by atoms with E-state index in [4.69, 9.17) is 4.52 Å². The third kappa shape index (κ3) is 2.95. The summed E-state index contributed by atoms with van der Waals surface area (Å²) in [6, 6.07) is 3.16. The van der Waals surface area contributed by atoms with Crippen molar-refractivity contribution in [2.45, 2.75) is 38.5 Å². The Labute approximate surface area is 132 Å². The molecule has 0 bridgehead atoms. The van der Waals surface area contributed by atoms with Crippen LogP contribution in [0.25, 0.3) is 0 Å². The number of aromatic nitrogens is 2. The smallest absolute Gasteiger partial charge is 0.232 e. The van der Waals surface area contributed by atoms with Gasteiger partial charge in [-0.2, -0.15) is 4.98 Å². The molecule has 1 fully saturated rings. The Bertz CT molecular complexity index is 752. The Hall–Kier alpha value is -2.31. The zero-order valence-electron chi connectivity index (χ0n) is 13.1. The highest BCUT2D eigenvalue weighted by atomic mass is 19.1. The van der Waals surface area contributed by atoms with Gasteiger partial charge in [0.25, 0.3) is 0 Å². The Morgan fingerprint density at radius 1 is 1.30 bits per heavy atom. The van der Waals surface area contributed by atoms with E-state index in [1.165, 1.54) is 11.0 Å². The zero-order valence-corrected chi connectivity index (χ0v) is 13.1. The monoisotopic (exact) mass is 321 g/mol. The first-order valence-corrected chi connectivity index (χ1v) is 7.35. The average molecular weight is 321 g/mol. The fourth-order valence-corrected chi connectivity index (χ4v) is 2.51. The van der Waals surface area contributed by atoms with Crippen LogP contribution in [0.1, 0.15) is 44.8 Å². The van der Waals surface area contributed by atoms with Crippen molar-refractivity contribution in [3.63, 3.8) is 0 Å². The van der Waals surface area contributed by atoms with Crippen molar-refractivity contribution >= 4 is 11.6 Å². The van der Waals surface area contributed by atoms with Gasteiger partial charge < -0.3 is 9.42 Å². The fourth-order valence-electron chi connectivity index (χ4n) is 2.51. The van der Waals surface area contributed by atoms with Gasteiger partial charge in [-0.3, -0.25) is 4.79 Å². The second kappa shape index (κ2) is 5.40. The number of carbonyl (C=O) groups excluding carboxylic acids is 1. The summed E-state index contributed by atoms with van der Waals surface area (Å²) in [6.45, 7) is 6.11. The molecule has 0 N–H and O–H groups in total. The molecule has 23 heavy (non-hydrogen) atoms. The Morgan fingerprint density at radius 2 is 2.04 bits per heavy atom. The lowest BCUT2D eigenvalue weighted by atomic mass is 9.96. The van der Waals surface area contributed by atoms with Gasteiger partial charge in [-0.05, 0) is 12.1 Å². The molecule has 3 rings (SSSR count). The molecule has 1 amide bonds. The van der Waals surface area contributed by atoms with E-state index in [-0.39, 0.29) is 35.9 Å². The molecule has 1 aliphatic rings. The molecular formula is C16H17F2N3O2. The first-order valence-electron chi connectivity index (χ1n) is 7.35. The predicted molar refractivity (Wildman–Crippen MR) is 79.1 cm³/mol. The number of nitrogens with zero attached hydrogens (tertiary/aromatic N) is 3. The molecule has 1 atom stereocenters. The van der Waals surface area contributed by atoms with Crippen LogP contribution < -0.4 is 4.90 Å². The van der Waals surface area contributed by atoms with Crippen LogP contribution in [0, 0.1) is 11.6 Å². The topological polar surface area (TPSA) is 59.2 Å². The molecular weight excluding hydrogens is 304 g/mol. The molecule has 1 aromatic heterocycles. The lowest BCUT2D eigenvalue weighted by Crippen LogP contribution is -2.25. The van der Waals surface area contributed by atoms with Crippen LogP contribution in [0.2, 0.25) is 0 Å². The number of hydrogen-bond acceptors (Lipinski definition) is 4. The number of rotatable bonds is 2. The summed E-state index contributed by atoms with van der Waals surface area (Å²) in [6.07, 6.45) is 0.155. The first kappa shape index (κ1) is 15.6. The number of amides is 1. The number of benzene rings is 1. The molecule has 5 nitrogen and oxygen atoms in total. The van der Waals surface area contributed by atoms with Crippen LogP contribution >= 0.6 is 0 Å². The lowest BCUT2D eigenvalue weighted by Gasteiger charge is -2.16. The Kier molecular flexibility index (Phi) is 3.66. The molecule has 2 heterocycles. The van der Waals surface area contributed by atoms with Gasteiger partial charge in [-0.25, -0.2) is 8.78 Å². The van der Waals surface area contributed by atoms with E-state index in [2.05, 4.69) is 10.1 Å². The molecule has 0 spiro atoms. The van der Waals surface area contributed by atoms with Crippen LogP contribution in [0.3, 0.4) is 0 Å². The normalized spacial score (nSPS) is 18.7. The summed E-state index contributed by atoms with van der Waals surface area (Å²) in [7, 11) is 0. The minimum Gasteiger partial charge on any atom is -0.339 e. The molecule has 2 aromatic rings. The lowest BCUT2D eigenvalue weighted by molar-refractivity contribution is -0.117. The summed E-state index contributed by atoms with van der Waals surface area (Å²) in [5, 5.41) is 3.94. The molecule has 1 aliphatic heterocycles. The van der Waals surface area contributed by atoms with Crippen LogP contribution in [0.4, 0.5) is 14.5 Å². The summed E-state index contributed by atoms with van der Waals surface area (Å²) < 4.78 is 32.2. The highest BCUT2D eigenvalue weighted by Gasteiger charge is 2.37. The van der Waals surface area contributed by atoms with Crippen molar-refractivity contribution in [3.05, 3.63) is 41.5 Å². The van der Waals surface area contributed by atoms with E-state index in [9.17, 15) is 13.6 Å². The van der Waals surface area contributed by atoms with Crippen molar-refractivity contribution in [3.8, 4) is 0 Å². The number of hydrogen-bond donors (Lipinski definition) is 0. The fraction of sp³-hybridized carbons (Fsp3) is 0.438. The maximum absolute atomic E-state index is 13.9. The summed E-state index contributed by atoms with van der Waals surface area (Å²) in [5.74, 6) is -1.06. The highest BCUT2D eigenvalue weighted by Crippen LogP contribution is 2.33. The molecule has 0 saturated carbocycles. The van der Waals surface area contributed by atoms with E-state index in [1.54, 1.807) is 0 Å². The van der Waals surface area contributed by atoms with Crippen LogP contribution in [0.5, 0.6) is 0 Å². The number of halogens is 2. The Balaban J connectivity index is 1.84. The predicted octanol–water partition coefficient (Wildman–Crippen LogP) is 3.17. The molecule has 1 aromatic carbocycles. The standard InChI is InChI=1S/C16H17F2N3O2/c1-16(2,3)15-19-14(23-20-15)9-6-13(22)21(8-9)12-5-4-10(17)7-11(12)18/h4-5,7,9H,6,8H2,1-3H3. The largest absolute Gasteiger partial charge is 0.339 e. The average Bonchev–Trinajstić information content (AvgIpc) is 3.05. The zero-order chi connectivity index (χ0) is 16.8. The van der Waals surface area contributed by atoms with Gasteiger partial charge in [0.2, 0.25) is 11.8 Å². The van der Waals surface area contributed by atoms with Gasteiger partial charge >= 0.3 is 0 Å². The van der Waals surface area contributed by atoms with Crippen LogP contribution in [-0.4, -0.2) is 22.6 Å². The Morgan fingerprint density at radius 3 is 2.65 bits per heavy atom. The summed E-state index contributed by atoms with van der Waals surface area (Å²) in [4.78, 5) is 17.8. The SMILES string of the molecule is CC(C)(C)c1noc(C2CC(=O)N(c3ccc(F)cc3F)C2)n1. The van der Waals surface area contributed by atoms with Crippen LogP contribution in [0.15, 0.2) is 22.7 Å². The highest BCUT2D eigenvalue weighted by molar-refractivity contribution is 5.96. The van der Waals surface area contributed by atoms with E-state index < -0.39 is 11.6 Å². The number of anilines is 1. The van der Waals surface area contributed by atoms with Crippen LogP contribution in [-0.2, 0) is 10.2 Å². The molecule has 7 heteroatoms. The van der Waals surface area contributed by atoms with Crippen molar-refractivity contribution in [1.29, 1.82) is 0 Å². The van der Waals surface area contributed by atoms with E-state index in [0.29, 0.717) is 11.7 Å². The van der Waals surface area contributed by atoms with Gasteiger partial charge in [-0.15, -0.1) is 0 Å². The minimum atomic E-state index is -0.764. The molecule has 0 aliphatic carbocycles. The van der Waals surface area contributed by atoms with Crippen molar-refractivity contribution in [2.75, 3.05) is 11.4 Å². The second-order valence-electron chi connectivity index (χ2n) is 6.71. The summed E-state index contributed by atoms with van der Waals surface area (Å²) in [5.41, 5.74) is -0.193. The molecule has 1 unspecified atom stereocenters. The second-order valence-corrected chi connectivity index (χ2v) is 6.71. The first-order chi connectivity index (χ1) is 10.8. The number of carbonyl (C=O) groups is 1. The van der Waals surface area contributed by atoms with Gasteiger partial charge in [0.1, 0.15) is 11.6 Å². The van der Waals surface area contributed by atoms with Gasteiger partial charge in [0.15, 0.2) is 5.82 Å². The van der Waals surface area contributed by atoms with E-state index >= 15 is 0 Å².